The minimum absolute atomic E-state index is 0.0310. The van der Waals surface area contributed by atoms with Crippen LogP contribution >= 0.6 is 11.8 Å². The van der Waals surface area contributed by atoms with Crippen molar-refractivity contribution in [3.63, 3.8) is 0 Å². The van der Waals surface area contributed by atoms with E-state index in [1.807, 2.05) is 6.92 Å². The number of carbonyl (C=O) groups is 3. The summed E-state index contributed by atoms with van der Waals surface area (Å²) >= 11 is 1.59. The summed E-state index contributed by atoms with van der Waals surface area (Å²) in [5.41, 5.74) is 0.389. The van der Waals surface area contributed by atoms with Gasteiger partial charge in [0.25, 0.3) is 0 Å². The molecule has 2 saturated heterocycles. The summed E-state index contributed by atoms with van der Waals surface area (Å²) < 4.78 is 15.6. The van der Waals surface area contributed by atoms with Gasteiger partial charge >= 0.3 is 5.97 Å². The summed E-state index contributed by atoms with van der Waals surface area (Å²) in [7, 11) is 0. The Kier molecular flexibility index (Phi) is 3.87. The lowest BCUT2D eigenvalue weighted by Crippen LogP contribution is -2.46. The number of ether oxygens (including phenoxy) is 3. The molecule has 132 valence electrons. The van der Waals surface area contributed by atoms with Crippen molar-refractivity contribution in [3.8, 4) is 11.5 Å². The van der Waals surface area contributed by atoms with Gasteiger partial charge in [-0.3, -0.25) is 9.59 Å². The summed E-state index contributed by atoms with van der Waals surface area (Å²) in [6.45, 7) is 1.73. The van der Waals surface area contributed by atoms with Gasteiger partial charge in [-0.1, -0.05) is 0 Å². The minimum Gasteiger partial charge on any atom is -0.456 e. The van der Waals surface area contributed by atoms with Gasteiger partial charge in [-0.15, -0.1) is 11.8 Å². The van der Waals surface area contributed by atoms with E-state index in [1.54, 1.807) is 34.9 Å². The molecule has 7 nitrogen and oxygen atoms in total. The summed E-state index contributed by atoms with van der Waals surface area (Å²) in [6.07, 6.45) is 1.18. The highest BCUT2D eigenvalue weighted by atomic mass is 32.2. The van der Waals surface area contributed by atoms with Crippen LogP contribution in [0.3, 0.4) is 0 Å². The Morgan fingerprint density at radius 1 is 1.36 bits per heavy atom. The first-order valence-electron chi connectivity index (χ1n) is 8.03. The van der Waals surface area contributed by atoms with Gasteiger partial charge < -0.3 is 19.1 Å². The Balaban J connectivity index is 1.39. The third-order valence-corrected chi connectivity index (χ3v) is 6.26. The summed E-state index contributed by atoms with van der Waals surface area (Å²) in [4.78, 5) is 38.0. The zero-order valence-corrected chi connectivity index (χ0v) is 14.5. The van der Waals surface area contributed by atoms with Crippen molar-refractivity contribution in [2.24, 2.45) is 0 Å². The fourth-order valence-electron chi connectivity index (χ4n) is 3.38. The number of thioether (sulfide) groups is 1. The van der Waals surface area contributed by atoms with Crippen molar-refractivity contribution in [1.29, 1.82) is 0 Å². The molecule has 1 aromatic rings. The van der Waals surface area contributed by atoms with Crippen molar-refractivity contribution >= 4 is 29.4 Å². The molecular weight excluding hydrogens is 346 g/mol. The van der Waals surface area contributed by atoms with E-state index in [1.165, 1.54) is 0 Å². The lowest BCUT2D eigenvalue weighted by Gasteiger charge is -2.29. The van der Waals surface area contributed by atoms with E-state index in [9.17, 15) is 14.4 Å². The zero-order valence-electron chi connectivity index (χ0n) is 13.6. The van der Waals surface area contributed by atoms with E-state index in [4.69, 9.17) is 14.2 Å². The van der Waals surface area contributed by atoms with E-state index < -0.39 is 12.0 Å². The minimum atomic E-state index is -0.616. The number of esters is 1. The van der Waals surface area contributed by atoms with Crippen LogP contribution in [0.5, 0.6) is 11.5 Å². The molecule has 3 aliphatic rings. The maximum Gasteiger partial charge on any atom is 0.330 e. The van der Waals surface area contributed by atoms with E-state index in [2.05, 4.69) is 0 Å². The van der Waals surface area contributed by atoms with Gasteiger partial charge in [0.1, 0.15) is 6.04 Å². The predicted octanol–water partition coefficient (Wildman–Crippen LogP) is 1.60. The van der Waals surface area contributed by atoms with Crippen molar-refractivity contribution in [1.82, 2.24) is 4.90 Å². The third kappa shape index (κ3) is 2.74. The standard InChI is InChI=1S/C17H17NO6S/c1-17-5-4-15(20)18(17)11(8-25-17)16(21)22-7-12(19)10-2-3-13-14(6-10)24-9-23-13/h2-3,6,11H,4-5,7-9H2,1H3/t11-,17-/m0/s1. The Morgan fingerprint density at radius 2 is 2.16 bits per heavy atom. The number of hydrogen-bond acceptors (Lipinski definition) is 7. The molecule has 3 aliphatic heterocycles. The lowest BCUT2D eigenvalue weighted by atomic mass is 10.1. The molecule has 8 heteroatoms. The number of rotatable bonds is 4. The van der Waals surface area contributed by atoms with E-state index in [0.717, 1.165) is 6.42 Å². The third-order valence-electron chi connectivity index (χ3n) is 4.76. The SMILES string of the molecule is C[C@]12CCC(=O)N1[C@H](C(=O)OCC(=O)c1ccc3c(c1)OCO3)CS2. The molecule has 4 rings (SSSR count). The van der Waals surface area contributed by atoms with Crippen LogP contribution in [0.15, 0.2) is 18.2 Å². The van der Waals surface area contributed by atoms with Gasteiger partial charge in [0.2, 0.25) is 12.7 Å². The first-order chi connectivity index (χ1) is 12.0. The van der Waals surface area contributed by atoms with Gasteiger partial charge in [-0.25, -0.2) is 4.79 Å². The molecule has 0 N–H and O–H groups in total. The fourth-order valence-corrected chi connectivity index (χ4v) is 4.80. The maximum atomic E-state index is 12.4. The van der Waals surface area contributed by atoms with Gasteiger partial charge in [0.15, 0.2) is 23.9 Å². The van der Waals surface area contributed by atoms with Gasteiger partial charge in [0, 0.05) is 17.7 Å². The highest BCUT2D eigenvalue weighted by molar-refractivity contribution is 8.01. The summed E-state index contributed by atoms with van der Waals surface area (Å²) in [5.74, 6) is 0.704. The fraction of sp³-hybridized carbons (Fsp3) is 0.471. The Morgan fingerprint density at radius 3 is 3.00 bits per heavy atom. The van der Waals surface area contributed by atoms with E-state index >= 15 is 0 Å². The molecule has 0 spiro atoms. The monoisotopic (exact) mass is 363 g/mol. The molecule has 0 bridgehead atoms. The molecule has 0 aromatic heterocycles. The summed E-state index contributed by atoms with van der Waals surface area (Å²) in [6, 6.07) is 4.22. The van der Waals surface area contributed by atoms with Crippen LogP contribution in [0.25, 0.3) is 0 Å². The van der Waals surface area contributed by atoms with Gasteiger partial charge in [0.05, 0.1) is 4.87 Å². The highest BCUT2D eigenvalue weighted by Crippen LogP contribution is 2.47. The Hall–Kier alpha value is -2.22. The zero-order chi connectivity index (χ0) is 17.6. The number of hydrogen-bond donors (Lipinski definition) is 0. The molecule has 0 unspecified atom stereocenters. The molecule has 0 radical (unpaired) electrons. The Labute approximate surface area is 148 Å². The van der Waals surface area contributed by atoms with E-state index in [-0.39, 0.29) is 30.0 Å². The average Bonchev–Trinajstić information content (AvgIpc) is 3.27. The van der Waals surface area contributed by atoms with Crippen LogP contribution in [0.2, 0.25) is 0 Å². The molecule has 0 aliphatic carbocycles. The van der Waals surface area contributed by atoms with Crippen molar-refractivity contribution in [3.05, 3.63) is 23.8 Å². The van der Waals surface area contributed by atoms with Crippen LogP contribution in [0, 0.1) is 0 Å². The molecule has 1 amide bonds. The number of nitrogens with zero attached hydrogens (tertiary/aromatic N) is 1. The van der Waals surface area contributed by atoms with E-state index in [0.29, 0.717) is 29.2 Å². The quantitative estimate of drug-likeness (QED) is 0.593. The molecule has 1 aromatic carbocycles. The van der Waals surface area contributed by atoms with Crippen LogP contribution in [-0.2, 0) is 14.3 Å². The maximum absolute atomic E-state index is 12.4. The number of ketones is 1. The molecular formula is C17H17NO6S. The molecule has 3 heterocycles. The number of fused-ring (bicyclic) bond motifs is 2. The molecule has 2 fully saturated rings. The largest absolute Gasteiger partial charge is 0.456 e. The van der Waals surface area contributed by atoms with Crippen LogP contribution < -0.4 is 9.47 Å². The molecule has 0 saturated carbocycles. The Bertz CT molecular complexity index is 766. The first-order valence-corrected chi connectivity index (χ1v) is 9.02. The van der Waals surface area contributed by atoms with Gasteiger partial charge in [-0.05, 0) is 31.5 Å². The lowest BCUT2D eigenvalue weighted by molar-refractivity contribution is -0.152. The second-order valence-corrected chi connectivity index (χ2v) is 7.87. The van der Waals surface area contributed by atoms with Crippen LogP contribution in [-0.4, -0.2) is 52.6 Å². The second kappa shape index (κ2) is 5.94. The second-order valence-electron chi connectivity index (χ2n) is 6.36. The average molecular weight is 363 g/mol. The van der Waals surface area contributed by atoms with Crippen LogP contribution in [0.1, 0.15) is 30.1 Å². The van der Waals surface area contributed by atoms with Crippen molar-refractivity contribution < 1.29 is 28.6 Å². The normalized spacial score (nSPS) is 26.7. The predicted molar refractivity (Wildman–Crippen MR) is 88.6 cm³/mol. The number of Topliss-reactive ketones (excluding diaryl/α,β-unsaturated/α-hetero) is 1. The summed E-state index contributed by atoms with van der Waals surface area (Å²) in [5, 5.41) is 0. The number of benzene rings is 1. The van der Waals surface area contributed by atoms with Gasteiger partial charge in [-0.2, -0.15) is 0 Å². The highest BCUT2D eigenvalue weighted by Gasteiger charge is 2.53. The van der Waals surface area contributed by atoms with Crippen LogP contribution in [0.4, 0.5) is 0 Å². The smallest absolute Gasteiger partial charge is 0.330 e. The van der Waals surface area contributed by atoms with Crippen molar-refractivity contribution in [2.45, 2.75) is 30.7 Å². The topological polar surface area (TPSA) is 82.1 Å². The molecule has 25 heavy (non-hydrogen) atoms. The van der Waals surface area contributed by atoms with Crippen molar-refractivity contribution in [2.75, 3.05) is 19.2 Å². The number of carbonyl (C=O) groups excluding carboxylic acids is 3. The number of amides is 1. The molecule has 2 atom stereocenters. The first kappa shape index (κ1) is 16.3.